The van der Waals surface area contributed by atoms with E-state index in [1.807, 2.05) is 0 Å². The molecule has 1 saturated heterocycles. The summed E-state index contributed by atoms with van der Waals surface area (Å²) >= 11 is 0. The fraction of sp³-hybridized carbons (Fsp3) is 1.00. The molecule has 0 amide bonds. The van der Waals surface area contributed by atoms with E-state index in [4.69, 9.17) is 0 Å². The number of nitrogens with one attached hydrogen (secondary N) is 2. The van der Waals surface area contributed by atoms with Crippen LogP contribution in [-0.2, 0) is 0 Å². The van der Waals surface area contributed by atoms with Gasteiger partial charge in [0.1, 0.15) is 11.8 Å². The Kier molecular flexibility index (Phi) is 3.36. The van der Waals surface area contributed by atoms with Crippen LogP contribution in [0.4, 0.5) is 0 Å². The molecule has 10 heteroatoms. The van der Waals surface area contributed by atoms with E-state index in [2.05, 4.69) is 11.0 Å². The molecule has 0 aromatic heterocycles. The van der Waals surface area contributed by atoms with Gasteiger partial charge in [0.15, 0.2) is 5.03 Å². The maximum Gasteiger partial charge on any atom is 0.204 e. The van der Waals surface area contributed by atoms with Crippen LogP contribution in [0.3, 0.4) is 0 Å². The molecule has 1 aliphatic rings. The lowest BCUT2D eigenvalue weighted by molar-refractivity contribution is -0.842. The zero-order valence-corrected chi connectivity index (χ0v) is 7.25. The molecule has 80 valence electrons. The van der Waals surface area contributed by atoms with E-state index in [1.165, 1.54) is 0 Å². The fourth-order valence-electron chi connectivity index (χ4n) is 1.02. The van der Waals surface area contributed by atoms with E-state index in [0.717, 1.165) is 0 Å². The van der Waals surface area contributed by atoms with Crippen LogP contribution in [-0.4, -0.2) is 33.5 Å². The largest absolute Gasteiger partial charge is 0.233 e. The van der Waals surface area contributed by atoms with Crippen LogP contribution >= 0.6 is 0 Å². The van der Waals surface area contributed by atoms with Crippen molar-refractivity contribution in [1.29, 1.82) is 0 Å². The first kappa shape index (κ1) is 10.4. The Bertz CT molecular complexity index is 210. The summed E-state index contributed by atoms with van der Waals surface area (Å²) in [5, 5.41) is 19.8. The third-order valence-corrected chi connectivity index (χ3v) is 1.65. The van der Waals surface area contributed by atoms with Gasteiger partial charge in [0.25, 0.3) is 0 Å². The van der Waals surface area contributed by atoms with Gasteiger partial charge in [-0.15, -0.1) is 0 Å². The summed E-state index contributed by atoms with van der Waals surface area (Å²) in [4.78, 5) is 20.9. The quantitative estimate of drug-likeness (QED) is 0.422. The molecule has 1 heterocycles. The molecule has 2 N–H and O–H groups in total. The lowest BCUT2D eigenvalue weighted by atomic mass is 10.3. The van der Waals surface area contributed by atoms with Crippen molar-refractivity contribution in [1.82, 2.24) is 21.3 Å². The fourth-order valence-corrected chi connectivity index (χ4v) is 1.02. The number of rotatable bonds is 2. The average Bonchev–Trinajstić information content (AvgIpc) is 2.01. The molecule has 0 unspecified atom stereocenters. The molecule has 0 aliphatic carbocycles. The molecule has 0 bridgehead atoms. The molecule has 1 fully saturated rings. The predicted molar refractivity (Wildman–Crippen MR) is 42.9 cm³/mol. The minimum Gasteiger partial charge on any atom is -0.233 e. The van der Waals surface area contributed by atoms with Crippen LogP contribution in [0.15, 0.2) is 0 Å². The summed E-state index contributed by atoms with van der Waals surface area (Å²) in [6.07, 6.45) is 1.23. The van der Waals surface area contributed by atoms with Crippen LogP contribution in [0.25, 0.3) is 0 Å². The number of hydrogen-bond acceptors (Lipinski definition) is 6. The lowest BCUT2D eigenvalue weighted by Crippen LogP contribution is -2.61. The van der Waals surface area contributed by atoms with Crippen molar-refractivity contribution in [2.75, 3.05) is 13.1 Å². The third-order valence-electron chi connectivity index (χ3n) is 1.65. The molecule has 0 saturated carbocycles. The summed E-state index contributed by atoms with van der Waals surface area (Å²) < 4.78 is 0. The monoisotopic (exact) mass is 206 g/mol. The van der Waals surface area contributed by atoms with Gasteiger partial charge in [-0.2, -0.15) is 0 Å². The van der Waals surface area contributed by atoms with Crippen molar-refractivity contribution in [2.45, 2.75) is 12.8 Å². The average molecular weight is 206 g/mol. The first-order valence-electron chi connectivity index (χ1n) is 3.97. The van der Waals surface area contributed by atoms with Crippen LogP contribution < -0.4 is 11.0 Å². The van der Waals surface area contributed by atoms with Crippen LogP contribution in [0.1, 0.15) is 12.8 Å². The van der Waals surface area contributed by atoms with Gasteiger partial charge >= 0.3 is 0 Å². The van der Waals surface area contributed by atoms with E-state index >= 15 is 0 Å². The Hall–Kier alpha value is -1.68. The second-order valence-corrected chi connectivity index (χ2v) is 2.61. The molecular weight excluding hydrogens is 196 g/mol. The Balaban J connectivity index is 2.70. The van der Waals surface area contributed by atoms with Crippen molar-refractivity contribution in [3.05, 3.63) is 20.2 Å². The minimum absolute atomic E-state index is 0.00264. The Morgan fingerprint density at radius 2 is 1.86 bits per heavy atom. The van der Waals surface area contributed by atoms with Crippen molar-refractivity contribution in [3.63, 3.8) is 0 Å². The minimum atomic E-state index is -0.902. The molecule has 1 rings (SSSR count). The number of hydrazine groups is 5. The highest BCUT2D eigenvalue weighted by atomic mass is 16.7. The molecule has 10 nitrogen and oxygen atoms in total. The van der Waals surface area contributed by atoms with Crippen LogP contribution in [0.5, 0.6) is 0 Å². The zero-order chi connectivity index (χ0) is 10.6. The van der Waals surface area contributed by atoms with Gasteiger partial charge in [0.05, 0.1) is 0 Å². The number of nitro groups is 2. The highest BCUT2D eigenvalue weighted by Gasteiger charge is 2.33. The SMILES string of the molecule is O=[N+]([O-])N1CCCCNNN1[N+](=O)[O-]. The van der Waals surface area contributed by atoms with Gasteiger partial charge in [-0.3, -0.25) is 0 Å². The molecule has 0 radical (unpaired) electrons. The smallest absolute Gasteiger partial charge is 0.204 e. The Morgan fingerprint density at radius 1 is 1.14 bits per heavy atom. The van der Waals surface area contributed by atoms with E-state index < -0.39 is 10.1 Å². The van der Waals surface area contributed by atoms with Crippen molar-refractivity contribution in [3.8, 4) is 0 Å². The summed E-state index contributed by atoms with van der Waals surface area (Å²) in [5.74, 6) is 0. The van der Waals surface area contributed by atoms with Gasteiger partial charge in [0, 0.05) is 11.7 Å². The summed E-state index contributed by atoms with van der Waals surface area (Å²) in [6.45, 7) is 0.526. The number of nitrogens with zero attached hydrogens (tertiary/aromatic N) is 4. The molecule has 0 aromatic rings. The van der Waals surface area contributed by atoms with E-state index in [1.54, 1.807) is 0 Å². The highest BCUT2D eigenvalue weighted by Crippen LogP contribution is 2.01. The maximum atomic E-state index is 10.5. The lowest BCUT2D eigenvalue weighted by Gasteiger charge is -2.22. The summed E-state index contributed by atoms with van der Waals surface area (Å²) in [6, 6.07) is 0. The van der Waals surface area contributed by atoms with Gasteiger partial charge in [0.2, 0.25) is 5.03 Å². The topological polar surface area (TPSA) is 117 Å². The second-order valence-electron chi connectivity index (χ2n) is 2.61. The molecule has 0 atom stereocenters. The molecular formula is C4H10N6O4. The van der Waals surface area contributed by atoms with Crippen molar-refractivity contribution in [2.24, 2.45) is 0 Å². The number of hydrogen-bond donors (Lipinski definition) is 2. The highest BCUT2D eigenvalue weighted by molar-refractivity contribution is 4.47. The maximum absolute atomic E-state index is 10.5. The van der Waals surface area contributed by atoms with Gasteiger partial charge in [-0.05, 0) is 12.8 Å². The normalized spacial score (nSPS) is 18.6. The first-order valence-corrected chi connectivity index (χ1v) is 3.97. The van der Waals surface area contributed by atoms with Gasteiger partial charge < -0.3 is 0 Å². The van der Waals surface area contributed by atoms with Crippen molar-refractivity contribution >= 4 is 0 Å². The van der Waals surface area contributed by atoms with Gasteiger partial charge in [-0.25, -0.2) is 25.7 Å². The molecule has 1 aliphatic heterocycles. The zero-order valence-electron chi connectivity index (χ0n) is 7.25. The first-order chi connectivity index (χ1) is 6.63. The Morgan fingerprint density at radius 3 is 2.43 bits per heavy atom. The van der Waals surface area contributed by atoms with E-state index in [-0.39, 0.29) is 11.8 Å². The molecule has 0 aromatic carbocycles. The van der Waals surface area contributed by atoms with E-state index in [9.17, 15) is 20.2 Å². The third kappa shape index (κ3) is 2.40. The van der Waals surface area contributed by atoms with Gasteiger partial charge in [-0.1, -0.05) is 5.53 Å². The van der Waals surface area contributed by atoms with E-state index in [0.29, 0.717) is 24.5 Å². The molecule has 0 spiro atoms. The van der Waals surface area contributed by atoms with Crippen molar-refractivity contribution < 1.29 is 10.1 Å². The summed E-state index contributed by atoms with van der Waals surface area (Å²) in [7, 11) is 0. The Labute approximate surface area is 78.6 Å². The predicted octanol–water partition coefficient (Wildman–Crippen LogP) is -1.31. The van der Waals surface area contributed by atoms with Crippen LogP contribution in [0.2, 0.25) is 0 Å². The second kappa shape index (κ2) is 4.53. The summed E-state index contributed by atoms with van der Waals surface area (Å²) in [5.41, 5.74) is 4.61. The standard InChI is InChI=1S/C4H10N6O4/c11-9(12)7-4-2-1-3-5-6-8(7)10(13)14/h5-6H,1-4H2. The molecule has 14 heavy (non-hydrogen) atoms. The van der Waals surface area contributed by atoms with Crippen LogP contribution in [0, 0.1) is 20.2 Å².